The third-order valence-corrected chi connectivity index (χ3v) is 5.51. The summed E-state index contributed by atoms with van der Waals surface area (Å²) >= 11 is 6.22. The largest absolute Gasteiger partial charge is 0.494 e. The van der Waals surface area contributed by atoms with E-state index in [2.05, 4.69) is 0 Å². The number of fused-ring (bicyclic) bond motifs is 1. The molecule has 3 rings (SSSR count). The quantitative estimate of drug-likeness (QED) is 0.455. The van der Waals surface area contributed by atoms with E-state index in [1.807, 2.05) is 32.0 Å². The number of hydrogen-bond donors (Lipinski definition) is 1. The Morgan fingerprint density at radius 1 is 1.10 bits per heavy atom. The standard InChI is InChI=1S/C24H29ClO6/c1-3-11-24(23(26)27)12-10-17-6-7-19(16-22(17)31-24)29-13-5-14-30-21-9-8-18(28-4-2)15-20(21)25/h6-9,15-16H,3-5,10-14H2,1-2H3,(H,26,27). The van der Waals surface area contributed by atoms with Gasteiger partial charge in [0.25, 0.3) is 0 Å². The third kappa shape index (κ3) is 5.76. The maximum atomic E-state index is 11.8. The summed E-state index contributed by atoms with van der Waals surface area (Å²) in [6, 6.07) is 11.0. The molecule has 1 heterocycles. The van der Waals surface area contributed by atoms with Gasteiger partial charge in [0.1, 0.15) is 23.0 Å². The molecule has 0 aliphatic carbocycles. The van der Waals surface area contributed by atoms with Crippen molar-refractivity contribution in [2.75, 3.05) is 19.8 Å². The normalized spacial score (nSPS) is 17.4. The highest BCUT2D eigenvalue weighted by molar-refractivity contribution is 6.32. The van der Waals surface area contributed by atoms with Gasteiger partial charge in [0, 0.05) is 25.0 Å². The average Bonchev–Trinajstić information content (AvgIpc) is 2.75. The zero-order chi connectivity index (χ0) is 22.3. The summed E-state index contributed by atoms with van der Waals surface area (Å²) in [7, 11) is 0. The Balaban J connectivity index is 1.50. The molecule has 168 valence electrons. The molecule has 0 amide bonds. The molecule has 0 aromatic heterocycles. The number of rotatable bonds is 11. The van der Waals surface area contributed by atoms with Gasteiger partial charge < -0.3 is 24.1 Å². The minimum atomic E-state index is -1.15. The van der Waals surface area contributed by atoms with Crippen molar-refractivity contribution in [1.82, 2.24) is 0 Å². The van der Waals surface area contributed by atoms with Crippen LogP contribution in [0.2, 0.25) is 5.02 Å². The minimum absolute atomic E-state index is 0.451. The van der Waals surface area contributed by atoms with Gasteiger partial charge >= 0.3 is 5.97 Å². The number of benzene rings is 2. The first kappa shape index (κ1) is 23.1. The molecule has 7 heteroatoms. The van der Waals surface area contributed by atoms with Crippen molar-refractivity contribution in [3.05, 3.63) is 47.0 Å². The summed E-state index contributed by atoms with van der Waals surface area (Å²) in [5.41, 5.74) is -0.139. The molecule has 2 aromatic rings. The fraction of sp³-hybridized carbons (Fsp3) is 0.458. The zero-order valence-electron chi connectivity index (χ0n) is 18.0. The van der Waals surface area contributed by atoms with Crippen molar-refractivity contribution in [3.63, 3.8) is 0 Å². The van der Waals surface area contributed by atoms with Gasteiger partial charge in [0.15, 0.2) is 0 Å². The van der Waals surface area contributed by atoms with Crippen LogP contribution in [-0.2, 0) is 11.2 Å². The Labute approximate surface area is 188 Å². The fourth-order valence-electron chi connectivity index (χ4n) is 3.65. The lowest BCUT2D eigenvalue weighted by Crippen LogP contribution is -2.47. The molecule has 0 saturated carbocycles. The van der Waals surface area contributed by atoms with E-state index in [-0.39, 0.29) is 0 Å². The summed E-state index contributed by atoms with van der Waals surface area (Å²) in [6.45, 7) is 5.37. The number of aryl methyl sites for hydroxylation is 1. The monoisotopic (exact) mass is 448 g/mol. The van der Waals surface area contributed by atoms with Gasteiger partial charge in [-0.1, -0.05) is 31.0 Å². The Morgan fingerprint density at radius 3 is 2.55 bits per heavy atom. The van der Waals surface area contributed by atoms with Gasteiger partial charge in [-0.15, -0.1) is 0 Å². The summed E-state index contributed by atoms with van der Waals surface area (Å²) in [4.78, 5) is 11.8. The molecule has 0 saturated heterocycles. The van der Waals surface area contributed by atoms with Crippen LogP contribution in [0.3, 0.4) is 0 Å². The van der Waals surface area contributed by atoms with Crippen molar-refractivity contribution in [2.24, 2.45) is 0 Å². The highest BCUT2D eigenvalue weighted by Gasteiger charge is 2.43. The van der Waals surface area contributed by atoms with Crippen LogP contribution >= 0.6 is 11.6 Å². The Kier molecular flexibility index (Phi) is 7.91. The Morgan fingerprint density at radius 2 is 1.84 bits per heavy atom. The first-order valence-corrected chi connectivity index (χ1v) is 11.1. The van der Waals surface area contributed by atoms with Crippen LogP contribution in [-0.4, -0.2) is 36.5 Å². The number of aliphatic carboxylic acids is 1. The van der Waals surface area contributed by atoms with Crippen LogP contribution in [0.25, 0.3) is 0 Å². The molecule has 0 fully saturated rings. The van der Waals surface area contributed by atoms with Crippen LogP contribution in [0, 0.1) is 0 Å². The molecule has 0 bridgehead atoms. The summed E-state index contributed by atoms with van der Waals surface area (Å²) in [5.74, 6) is 1.65. The summed E-state index contributed by atoms with van der Waals surface area (Å²) in [5, 5.41) is 10.2. The number of carboxylic acid groups (broad SMARTS) is 1. The van der Waals surface area contributed by atoms with E-state index in [1.54, 1.807) is 18.2 Å². The first-order valence-electron chi connectivity index (χ1n) is 10.7. The Bertz CT molecular complexity index is 900. The maximum absolute atomic E-state index is 11.8. The number of carbonyl (C=O) groups is 1. The molecule has 1 unspecified atom stereocenters. The van der Waals surface area contributed by atoms with E-state index in [4.69, 9.17) is 30.5 Å². The topological polar surface area (TPSA) is 74.2 Å². The van der Waals surface area contributed by atoms with Gasteiger partial charge in [-0.2, -0.15) is 0 Å². The van der Waals surface area contributed by atoms with Crippen LogP contribution in [0.5, 0.6) is 23.0 Å². The van der Waals surface area contributed by atoms with Gasteiger partial charge in [0.05, 0.1) is 24.8 Å². The highest BCUT2D eigenvalue weighted by Crippen LogP contribution is 2.38. The van der Waals surface area contributed by atoms with E-state index < -0.39 is 11.6 Å². The van der Waals surface area contributed by atoms with E-state index in [1.165, 1.54) is 0 Å². The SMILES string of the molecule is CCCC1(C(=O)O)CCc2ccc(OCCCOc3ccc(OCC)cc3Cl)cc2O1. The molecule has 0 radical (unpaired) electrons. The van der Waals surface area contributed by atoms with Crippen LogP contribution in [0.15, 0.2) is 36.4 Å². The molecule has 1 N–H and O–H groups in total. The Hall–Kier alpha value is -2.60. The van der Waals surface area contributed by atoms with Crippen molar-refractivity contribution in [2.45, 2.75) is 51.6 Å². The summed E-state index contributed by atoms with van der Waals surface area (Å²) < 4.78 is 22.9. The van der Waals surface area contributed by atoms with Crippen LogP contribution in [0.4, 0.5) is 0 Å². The van der Waals surface area contributed by atoms with Crippen molar-refractivity contribution in [1.29, 1.82) is 0 Å². The number of halogens is 1. The van der Waals surface area contributed by atoms with Gasteiger partial charge in [-0.05, 0) is 43.5 Å². The average molecular weight is 449 g/mol. The van der Waals surface area contributed by atoms with Crippen molar-refractivity contribution in [3.8, 4) is 23.0 Å². The molecule has 1 aliphatic heterocycles. The second-order valence-electron chi connectivity index (χ2n) is 7.50. The smallest absolute Gasteiger partial charge is 0.348 e. The molecular weight excluding hydrogens is 420 g/mol. The number of carboxylic acids is 1. The van der Waals surface area contributed by atoms with E-state index >= 15 is 0 Å². The maximum Gasteiger partial charge on any atom is 0.348 e. The lowest BCUT2D eigenvalue weighted by Gasteiger charge is -2.35. The predicted octanol–water partition coefficient (Wildman–Crippen LogP) is 5.54. The second kappa shape index (κ2) is 10.6. The van der Waals surface area contributed by atoms with Gasteiger partial charge in [-0.25, -0.2) is 4.79 Å². The van der Waals surface area contributed by atoms with Crippen LogP contribution in [0.1, 0.15) is 45.1 Å². The number of ether oxygens (including phenoxy) is 4. The molecule has 1 atom stereocenters. The molecule has 0 spiro atoms. The van der Waals surface area contributed by atoms with Crippen molar-refractivity contribution < 1.29 is 28.8 Å². The van der Waals surface area contributed by atoms with Crippen molar-refractivity contribution >= 4 is 17.6 Å². The fourth-order valence-corrected chi connectivity index (χ4v) is 3.87. The van der Waals surface area contributed by atoms with Crippen LogP contribution < -0.4 is 18.9 Å². The molecule has 31 heavy (non-hydrogen) atoms. The number of hydrogen-bond acceptors (Lipinski definition) is 5. The lowest BCUT2D eigenvalue weighted by molar-refractivity contribution is -0.157. The zero-order valence-corrected chi connectivity index (χ0v) is 18.7. The summed E-state index contributed by atoms with van der Waals surface area (Å²) in [6.07, 6.45) is 3.05. The first-order chi connectivity index (χ1) is 15.0. The van der Waals surface area contributed by atoms with Gasteiger partial charge in [-0.3, -0.25) is 0 Å². The van der Waals surface area contributed by atoms with E-state index in [9.17, 15) is 9.90 Å². The predicted molar refractivity (Wildman–Crippen MR) is 119 cm³/mol. The second-order valence-corrected chi connectivity index (χ2v) is 7.90. The third-order valence-electron chi connectivity index (χ3n) is 5.22. The molecule has 2 aromatic carbocycles. The van der Waals surface area contributed by atoms with Gasteiger partial charge in [0.2, 0.25) is 5.60 Å². The molecule has 6 nitrogen and oxygen atoms in total. The van der Waals surface area contributed by atoms with E-state index in [0.29, 0.717) is 73.5 Å². The van der Waals surface area contributed by atoms with E-state index in [0.717, 1.165) is 12.0 Å². The minimum Gasteiger partial charge on any atom is -0.494 e. The molecule has 1 aliphatic rings. The molecular formula is C24H29ClO6. The lowest BCUT2D eigenvalue weighted by atomic mass is 9.87. The highest BCUT2D eigenvalue weighted by atomic mass is 35.5.